The molecule has 5 atom stereocenters. The fourth-order valence-electron chi connectivity index (χ4n) is 3.88. The third kappa shape index (κ3) is 7.47. The Kier molecular flexibility index (Phi) is 11.9. The van der Waals surface area contributed by atoms with Gasteiger partial charge in [-0.1, -0.05) is 12.1 Å². The van der Waals surface area contributed by atoms with Crippen LogP contribution in [0.3, 0.4) is 0 Å². The Hall–Kier alpha value is -3.08. The van der Waals surface area contributed by atoms with Gasteiger partial charge in [-0.15, -0.1) is 5.73 Å². The van der Waals surface area contributed by atoms with E-state index in [1.54, 1.807) is 42.5 Å². The van der Waals surface area contributed by atoms with Crippen molar-refractivity contribution in [2.45, 2.75) is 43.4 Å². The minimum absolute atomic E-state index is 0.00363. The van der Waals surface area contributed by atoms with Gasteiger partial charge in [0.2, 0.25) is 0 Å². The average molecular weight is 521 g/mol. The van der Waals surface area contributed by atoms with Crippen LogP contribution in [-0.2, 0) is 12.8 Å². The van der Waals surface area contributed by atoms with Crippen LogP contribution in [0.5, 0.6) is 23.0 Å². The summed E-state index contributed by atoms with van der Waals surface area (Å²) in [4.78, 5) is 0. The molecular weight excluding hydrogens is 484 g/mol. The lowest BCUT2D eigenvalue weighted by atomic mass is 9.91. The molecule has 1 unspecified atom stereocenters. The second-order valence-electron chi connectivity index (χ2n) is 8.20. The van der Waals surface area contributed by atoms with E-state index in [9.17, 15) is 25.5 Å². The van der Waals surface area contributed by atoms with Gasteiger partial charge in [-0.3, -0.25) is 0 Å². The molecule has 0 fully saturated rings. The van der Waals surface area contributed by atoms with Crippen molar-refractivity contribution in [1.82, 2.24) is 0 Å². The SMILES string of the molecule is COc1cccc(OC)c1CC=C=C(Cc1c(OC)cccc1OC)C(O)[C@@H](O)[C@@H](O)[C@H](O)[C@@H](O)CO. The van der Waals surface area contributed by atoms with Gasteiger partial charge in [0.15, 0.2) is 0 Å². The van der Waals surface area contributed by atoms with Crippen LogP contribution < -0.4 is 18.9 Å². The molecule has 10 nitrogen and oxygen atoms in total. The number of hydrogen-bond donors (Lipinski definition) is 6. The molecule has 0 aliphatic rings. The van der Waals surface area contributed by atoms with Gasteiger partial charge in [0.1, 0.15) is 53.5 Å². The Morgan fingerprint density at radius 3 is 1.62 bits per heavy atom. The Morgan fingerprint density at radius 1 is 0.730 bits per heavy atom. The van der Waals surface area contributed by atoms with Crippen LogP contribution in [0.25, 0.3) is 0 Å². The molecular formula is C27H36O10. The first kappa shape index (κ1) is 30.1. The van der Waals surface area contributed by atoms with E-state index in [2.05, 4.69) is 5.73 Å². The number of aliphatic hydroxyl groups excluding tert-OH is 6. The second kappa shape index (κ2) is 14.6. The molecule has 0 saturated heterocycles. The van der Waals surface area contributed by atoms with Crippen LogP contribution in [0.15, 0.2) is 53.8 Å². The summed E-state index contributed by atoms with van der Waals surface area (Å²) in [5.41, 5.74) is 4.41. The first-order valence-corrected chi connectivity index (χ1v) is 11.6. The summed E-state index contributed by atoms with van der Waals surface area (Å²) < 4.78 is 21.7. The summed E-state index contributed by atoms with van der Waals surface area (Å²) in [6.07, 6.45) is -7.34. The van der Waals surface area contributed by atoms with Crippen molar-refractivity contribution in [3.8, 4) is 23.0 Å². The summed E-state index contributed by atoms with van der Waals surface area (Å²) >= 11 is 0. The van der Waals surface area contributed by atoms with E-state index in [4.69, 9.17) is 24.1 Å². The van der Waals surface area contributed by atoms with Gasteiger partial charge in [-0.2, -0.15) is 0 Å². The van der Waals surface area contributed by atoms with Crippen molar-refractivity contribution in [3.05, 3.63) is 64.9 Å². The zero-order valence-electron chi connectivity index (χ0n) is 21.4. The molecule has 37 heavy (non-hydrogen) atoms. The minimum atomic E-state index is -1.97. The number of benzene rings is 2. The molecule has 0 radical (unpaired) electrons. The Labute approximate surface area is 216 Å². The van der Waals surface area contributed by atoms with E-state index in [0.717, 1.165) is 5.56 Å². The molecule has 0 saturated carbocycles. The lowest BCUT2D eigenvalue weighted by Crippen LogP contribution is -2.50. The molecule has 0 aromatic heterocycles. The van der Waals surface area contributed by atoms with Crippen LogP contribution in [0.4, 0.5) is 0 Å². The molecule has 2 rings (SSSR count). The fraction of sp³-hybridized carbons (Fsp3) is 0.444. The first-order valence-electron chi connectivity index (χ1n) is 11.6. The van der Waals surface area contributed by atoms with Crippen LogP contribution in [0.1, 0.15) is 11.1 Å². The third-order valence-corrected chi connectivity index (χ3v) is 5.98. The number of ether oxygens (including phenoxy) is 4. The van der Waals surface area contributed by atoms with Gasteiger partial charge in [0, 0.05) is 29.5 Å². The molecule has 0 spiro atoms. The predicted molar refractivity (Wildman–Crippen MR) is 135 cm³/mol. The number of rotatable bonds is 14. The highest BCUT2D eigenvalue weighted by atomic mass is 16.5. The number of methoxy groups -OCH3 is 4. The largest absolute Gasteiger partial charge is 0.496 e. The van der Waals surface area contributed by atoms with E-state index >= 15 is 0 Å². The van der Waals surface area contributed by atoms with Gasteiger partial charge in [-0.25, -0.2) is 0 Å². The first-order chi connectivity index (χ1) is 17.7. The lowest BCUT2D eigenvalue weighted by molar-refractivity contribution is -0.134. The van der Waals surface area contributed by atoms with Gasteiger partial charge < -0.3 is 49.6 Å². The second-order valence-corrected chi connectivity index (χ2v) is 8.20. The van der Waals surface area contributed by atoms with E-state index in [-0.39, 0.29) is 18.4 Å². The van der Waals surface area contributed by atoms with Crippen molar-refractivity contribution in [1.29, 1.82) is 0 Å². The van der Waals surface area contributed by atoms with Gasteiger partial charge >= 0.3 is 0 Å². The fourth-order valence-corrected chi connectivity index (χ4v) is 3.88. The topological polar surface area (TPSA) is 158 Å². The standard InChI is InChI=1S/C27H36O10/c1-34-20-10-6-11-21(35-2)17(20)9-5-8-16(14-18-22(36-3)12-7-13-23(18)37-4)24(30)26(32)27(33)25(31)19(29)15-28/h5-7,10-13,19,24-33H,9,14-15H2,1-4H3/t8?,19-,24?,25+,26+,27-/m0/s1. The van der Waals surface area contributed by atoms with Crippen LogP contribution in [0, 0.1) is 0 Å². The highest BCUT2D eigenvalue weighted by Crippen LogP contribution is 2.32. The molecule has 6 N–H and O–H groups in total. The van der Waals surface area contributed by atoms with E-state index < -0.39 is 37.1 Å². The average Bonchev–Trinajstić information content (AvgIpc) is 2.94. The third-order valence-electron chi connectivity index (χ3n) is 5.98. The monoisotopic (exact) mass is 520 g/mol. The lowest BCUT2D eigenvalue weighted by Gasteiger charge is -2.29. The normalized spacial score (nSPS) is 15.0. The van der Waals surface area contributed by atoms with Crippen molar-refractivity contribution < 1.29 is 49.6 Å². The van der Waals surface area contributed by atoms with Gasteiger partial charge in [0.05, 0.1) is 35.0 Å². The Balaban J connectivity index is 2.54. The maximum Gasteiger partial charge on any atom is 0.126 e. The maximum absolute atomic E-state index is 11.0. The quantitative estimate of drug-likeness (QED) is 0.192. The molecule has 2 aromatic rings. The number of aliphatic hydroxyl groups is 6. The highest BCUT2D eigenvalue weighted by Gasteiger charge is 2.36. The van der Waals surface area contributed by atoms with E-state index in [1.807, 2.05) is 0 Å². The van der Waals surface area contributed by atoms with Crippen molar-refractivity contribution >= 4 is 0 Å². The summed E-state index contributed by atoms with van der Waals surface area (Å²) in [6, 6.07) is 10.5. The predicted octanol–water partition coefficient (Wildman–Crippen LogP) is 0.384. The van der Waals surface area contributed by atoms with Gasteiger partial charge in [0.25, 0.3) is 0 Å². The summed E-state index contributed by atoms with van der Waals surface area (Å²) in [6.45, 7) is -0.844. The zero-order valence-corrected chi connectivity index (χ0v) is 21.4. The molecule has 0 heterocycles. The zero-order chi connectivity index (χ0) is 27.5. The molecule has 2 aromatic carbocycles. The van der Waals surface area contributed by atoms with Crippen LogP contribution in [-0.4, -0.2) is 96.2 Å². The molecule has 0 aliphatic heterocycles. The van der Waals surface area contributed by atoms with Crippen molar-refractivity contribution in [3.63, 3.8) is 0 Å². The highest BCUT2D eigenvalue weighted by molar-refractivity contribution is 5.48. The molecule has 0 aliphatic carbocycles. The van der Waals surface area contributed by atoms with Gasteiger partial charge in [-0.05, 0) is 30.3 Å². The summed E-state index contributed by atoms with van der Waals surface area (Å²) in [5.74, 6) is 2.09. The molecule has 204 valence electrons. The molecule has 0 amide bonds. The molecule has 0 bridgehead atoms. The summed E-state index contributed by atoms with van der Waals surface area (Å²) in [5, 5.41) is 60.8. The van der Waals surface area contributed by atoms with E-state index in [1.165, 1.54) is 28.4 Å². The number of hydrogen-bond acceptors (Lipinski definition) is 10. The smallest absolute Gasteiger partial charge is 0.126 e. The van der Waals surface area contributed by atoms with Crippen LogP contribution >= 0.6 is 0 Å². The van der Waals surface area contributed by atoms with Crippen LogP contribution in [0.2, 0.25) is 0 Å². The van der Waals surface area contributed by atoms with Crippen molar-refractivity contribution in [2.75, 3.05) is 35.0 Å². The Bertz CT molecular complexity index is 1020. The van der Waals surface area contributed by atoms with Crippen molar-refractivity contribution in [2.24, 2.45) is 0 Å². The maximum atomic E-state index is 11.0. The van der Waals surface area contributed by atoms with E-state index in [0.29, 0.717) is 28.6 Å². The summed E-state index contributed by atoms with van der Waals surface area (Å²) in [7, 11) is 6.02. The Morgan fingerprint density at radius 2 is 1.19 bits per heavy atom. The molecule has 10 heteroatoms. The minimum Gasteiger partial charge on any atom is -0.496 e.